The van der Waals surface area contributed by atoms with Crippen LogP contribution in [0.15, 0.2) is 64.1 Å². The van der Waals surface area contributed by atoms with E-state index in [0.29, 0.717) is 42.3 Å². The summed E-state index contributed by atoms with van der Waals surface area (Å²) in [7, 11) is -3.69. The average Bonchev–Trinajstić information content (AvgIpc) is 3.20. The summed E-state index contributed by atoms with van der Waals surface area (Å²) in [5.74, 6) is 0.749. The fourth-order valence-electron chi connectivity index (χ4n) is 4.12. The van der Waals surface area contributed by atoms with Crippen molar-refractivity contribution >= 4 is 72.2 Å². The molecule has 4 aromatic rings. The molecule has 1 fully saturated rings. The summed E-state index contributed by atoms with van der Waals surface area (Å²) in [6, 6.07) is 13.8. The third-order valence-corrected chi connectivity index (χ3v) is 9.06. The normalized spacial score (nSPS) is 15.5. The lowest BCUT2D eigenvalue weighted by Gasteiger charge is -2.32. The van der Waals surface area contributed by atoms with Crippen LogP contribution in [-0.4, -0.2) is 46.5 Å². The molecule has 1 N–H and O–H groups in total. The fraction of sp³-hybridized carbons (Fsp3) is 0.217. The Bertz CT molecular complexity index is 1500. The van der Waals surface area contributed by atoms with Gasteiger partial charge in [-0.3, -0.25) is 0 Å². The Morgan fingerprint density at radius 1 is 1.00 bits per heavy atom. The van der Waals surface area contributed by atoms with E-state index in [9.17, 15) is 8.42 Å². The van der Waals surface area contributed by atoms with Crippen LogP contribution in [0.3, 0.4) is 0 Å². The second kappa shape index (κ2) is 9.88. The minimum Gasteiger partial charge on any atom is -0.367 e. The van der Waals surface area contributed by atoms with Crippen LogP contribution in [0.5, 0.6) is 0 Å². The number of nitrogens with zero attached hydrogens (tertiary/aromatic N) is 4. The quantitative estimate of drug-likeness (QED) is 0.282. The van der Waals surface area contributed by atoms with Crippen LogP contribution in [0.2, 0.25) is 15.1 Å². The van der Waals surface area contributed by atoms with Crippen molar-refractivity contribution in [2.24, 2.45) is 0 Å². The highest BCUT2D eigenvalue weighted by atomic mass is 79.9. The monoisotopic (exact) mass is 613 g/mol. The number of piperidine rings is 1. The number of halogens is 4. The summed E-state index contributed by atoms with van der Waals surface area (Å²) < 4.78 is 30.2. The number of benzene rings is 2. The number of nitrogens with one attached hydrogen (secondary N) is 1. The topological polar surface area (TPSA) is 79.6 Å². The Hall–Kier alpha value is -1.88. The van der Waals surface area contributed by atoms with Gasteiger partial charge in [-0.1, -0.05) is 53.0 Å². The number of sulfonamides is 1. The minimum atomic E-state index is -3.69. The molecule has 1 aliphatic heterocycles. The van der Waals surface area contributed by atoms with Crippen LogP contribution in [0, 0.1) is 0 Å². The smallest absolute Gasteiger partial charge is 0.243 e. The Balaban J connectivity index is 1.38. The summed E-state index contributed by atoms with van der Waals surface area (Å²) in [6.07, 6.45) is 2.91. The molecule has 35 heavy (non-hydrogen) atoms. The van der Waals surface area contributed by atoms with Crippen LogP contribution in [0.1, 0.15) is 12.8 Å². The SMILES string of the molecule is O=S(=O)(c1cc(Cl)cc(Cl)c1)N1CCC(Nc2cc(-c3ccccc3Cl)nc3c(Br)cnn23)CC1. The zero-order valence-electron chi connectivity index (χ0n) is 18.1. The Morgan fingerprint density at radius 3 is 2.37 bits per heavy atom. The molecule has 0 bridgehead atoms. The van der Waals surface area contributed by atoms with E-state index in [4.69, 9.17) is 39.8 Å². The molecule has 0 radical (unpaired) electrons. The van der Waals surface area contributed by atoms with Crippen molar-refractivity contribution in [3.63, 3.8) is 0 Å². The molecule has 0 spiro atoms. The van der Waals surface area contributed by atoms with Gasteiger partial charge >= 0.3 is 0 Å². The first-order chi connectivity index (χ1) is 16.7. The van der Waals surface area contributed by atoms with Crippen LogP contribution < -0.4 is 5.32 Å². The van der Waals surface area contributed by atoms with Gasteiger partial charge in [-0.15, -0.1) is 0 Å². The first-order valence-electron chi connectivity index (χ1n) is 10.7. The van der Waals surface area contributed by atoms with Crippen molar-refractivity contribution in [2.75, 3.05) is 18.4 Å². The highest BCUT2D eigenvalue weighted by molar-refractivity contribution is 9.10. The largest absolute Gasteiger partial charge is 0.367 e. The van der Waals surface area contributed by atoms with Gasteiger partial charge in [0.1, 0.15) is 5.82 Å². The van der Waals surface area contributed by atoms with Crippen molar-refractivity contribution in [1.29, 1.82) is 0 Å². The third-order valence-electron chi connectivity index (χ3n) is 5.86. The highest BCUT2D eigenvalue weighted by Crippen LogP contribution is 2.32. The molecular formula is C23H19BrCl3N5O2S. The van der Waals surface area contributed by atoms with Crippen LogP contribution >= 0.6 is 50.7 Å². The van der Waals surface area contributed by atoms with E-state index < -0.39 is 10.0 Å². The predicted octanol–water partition coefficient (Wildman–Crippen LogP) is 6.38. The molecule has 0 unspecified atom stereocenters. The average molecular weight is 616 g/mol. The first kappa shape index (κ1) is 24.8. The molecule has 2 aromatic carbocycles. The van der Waals surface area contributed by atoms with Crippen LogP contribution in [-0.2, 0) is 10.0 Å². The summed E-state index contributed by atoms with van der Waals surface area (Å²) in [5, 5.41) is 9.14. The van der Waals surface area contributed by atoms with Gasteiger partial charge in [0, 0.05) is 45.8 Å². The molecule has 3 heterocycles. The summed E-state index contributed by atoms with van der Waals surface area (Å²) in [4.78, 5) is 4.83. The zero-order chi connectivity index (χ0) is 24.7. The highest BCUT2D eigenvalue weighted by Gasteiger charge is 2.30. The van der Waals surface area contributed by atoms with Crippen molar-refractivity contribution < 1.29 is 8.42 Å². The Morgan fingerprint density at radius 2 is 1.69 bits per heavy atom. The van der Waals surface area contributed by atoms with Gasteiger partial charge < -0.3 is 5.32 Å². The lowest BCUT2D eigenvalue weighted by Crippen LogP contribution is -2.42. The predicted molar refractivity (Wildman–Crippen MR) is 143 cm³/mol. The summed E-state index contributed by atoms with van der Waals surface area (Å²) in [5.41, 5.74) is 2.18. The number of hydrogen-bond donors (Lipinski definition) is 1. The molecule has 0 aliphatic carbocycles. The van der Waals surface area contributed by atoms with E-state index in [1.165, 1.54) is 22.5 Å². The van der Waals surface area contributed by atoms with E-state index in [1.54, 1.807) is 10.7 Å². The maximum absolute atomic E-state index is 13.1. The molecule has 182 valence electrons. The van der Waals surface area contributed by atoms with E-state index in [0.717, 1.165) is 15.9 Å². The molecule has 7 nitrogen and oxygen atoms in total. The van der Waals surface area contributed by atoms with Gasteiger partial charge in [0.25, 0.3) is 0 Å². The van der Waals surface area contributed by atoms with Crippen molar-refractivity contribution in [3.8, 4) is 11.3 Å². The lowest BCUT2D eigenvalue weighted by atomic mass is 10.1. The van der Waals surface area contributed by atoms with E-state index in [-0.39, 0.29) is 21.0 Å². The third kappa shape index (κ3) is 5.03. The second-order valence-corrected chi connectivity index (χ2v) is 12.2. The number of rotatable bonds is 5. The molecule has 2 aromatic heterocycles. The van der Waals surface area contributed by atoms with E-state index in [2.05, 4.69) is 26.3 Å². The Labute approximate surface area is 226 Å². The van der Waals surface area contributed by atoms with Crippen molar-refractivity contribution in [2.45, 2.75) is 23.8 Å². The molecule has 0 amide bonds. The number of hydrogen-bond acceptors (Lipinski definition) is 5. The van der Waals surface area contributed by atoms with Crippen LogP contribution in [0.25, 0.3) is 16.9 Å². The molecule has 5 rings (SSSR count). The Kier molecular flexibility index (Phi) is 7.00. The van der Waals surface area contributed by atoms with Gasteiger partial charge in [0.15, 0.2) is 5.65 Å². The van der Waals surface area contributed by atoms with E-state index >= 15 is 0 Å². The fourth-order valence-corrected chi connectivity index (χ4v) is 6.90. The molecule has 0 atom stereocenters. The molecule has 0 saturated carbocycles. The van der Waals surface area contributed by atoms with Crippen molar-refractivity contribution in [3.05, 3.63) is 74.3 Å². The molecule has 12 heteroatoms. The van der Waals surface area contributed by atoms with Gasteiger partial charge in [-0.05, 0) is 53.0 Å². The maximum atomic E-state index is 13.1. The lowest BCUT2D eigenvalue weighted by molar-refractivity contribution is 0.329. The second-order valence-electron chi connectivity index (χ2n) is 8.16. The van der Waals surface area contributed by atoms with Crippen molar-refractivity contribution in [1.82, 2.24) is 18.9 Å². The van der Waals surface area contributed by atoms with E-state index in [1.807, 2.05) is 30.3 Å². The van der Waals surface area contributed by atoms with Gasteiger partial charge in [-0.2, -0.15) is 13.9 Å². The molecular weight excluding hydrogens is 597 g/mol. The zero-order valence-corrected chi connectivity index (χ0v) is 22.8. The molecule has 1 saturated heterocycles. The van der Waals surface area contributed by atoms with Crippen LogP contribution in [0.4, 0.5) is 5.82 Å². The molecule has 1 aliphatic rings. The standard InChI is InChI=1S/C23H19BrCl3N5O2S/c24-19-13-28-32-22(12-21(30-23(19)32)18-3-1-2-4-20(18)27)29-16-5-7-31(8-6-16)35(33,34)17-10-14(25)9-15(26)11-17/h1-4,9-13,16,29H,5-8H2. The number of aromatic nitrogens is 3. The van der Waals surface area contributed by atoms with Gasteiger partial charge in [0.05, 0.1) is 21.3 Å². The van der Waals surface area contributed by atoms with Gasteiger partial charge in [-0.25, -0.2) is 13.4 Å². The van der Waals surface area contributed by atoms with Gasteiger partial charge in [0.2, 0.25) is 10.0 Å². The number of fused-ring (bicyclic) bond motifs is 1. The summed E-state index contributed by atoms with van der Waals surface area (Å²) in [6.45, 7) is 0.719. The number of anilines is 1. The maximum Gasteiger partial charge on any atom is 0.243 e. The summed E-state index contributed by atoms with van der Waals surface area (Å²) >= 11 is 22.0. The minimum absolute atomic E-state index is 0.0390. The first-order valence-corrected chi connectivity index (χ1v) is 14.1.